The molecule has 0 atom stereocenters. The molecule has 5 heteroatoms. The Morgan fingerprint density at radius 1 is 0.299 bits per heavy atom. The molecule has 13 rings (SSSR count). The second kappa shape index (κ2) is 15.0. The van der Waals surface area contributed by atoms with Crippen LogP contribution in [0, 0.1) is 27.7 Å². The molecule has 318 valence electrons. The van der Waals surface area contributed by atoms with Gasteiger partial charge in [0.2, 0.25) is 0 Å². The zero-order valence-corrected chi connectivity index (χ0v) is 37.8. The standard InChI is InChI=1S/C62H45N5/c1-38-19-17-20-39(2)59(38)50-37-49(63-62(64-50)60-40(3)21-18-22-41(60)4)42-35-57(65-51-29-11-5-23-43(51)44-24-6-12-30-52(44)65)61(67-55-33-15-9-27-47(55)48-28-10-16-34-56(48)67)58(36-42)66-53-31-13-7-25-45(53)46-26-8-14-32-54(46)66/h5-37H,1-4H3. The van der Waals surface area contributed by atoms with Gasteiger partial charge in [0.1, 0.15) is 0 Å². The fourth-order valence-corrected chi connectivity index (χ4v) is 11.1. The highest BCUT2D eigenvalue weighted by Gasteiger charge is 2.27. The highest BCUT2D eigenvalue weighted by molar-refractivity contribution is 6.14. The Labute approximate surface area is 388 Å². The molecule has 0 aliphatic heterocycles. The smallest absolute Gasteiger partial charge is 0.160 e. The molecule has 0 N–H and O–H groups in total. The Bertz CT molecular complexity index is 3750. The number of para-hydroxylation sites is 6. The summed E-state index contributed by atoms with van der Waals surface area (Å²) in [5.41, 5.74) is 19.5. The molecule has 9 aromatic carbocycles. The van der Waals surface area contributed by atoms with Crippen LogP contribution < -0.4 is 0 Å². The summed E-state index contributed by atoms with van der Waals surface area (Å²) >= 11 is 0. The summed E-state index contributed by atoms with van der Waals surface area (Å²) in [4.78, 5) is 11.1. The summed E-state index contributed by atoms with van der Waals surface area (Å²) in [6.45, 7) is 8.70. The number of nitrogens with zero attached hydrogens (tertiary/aromatic N) is 5. The third kappa shape index (κ3) is 5.87. The van der Waals surface area contributed by atoms with E-state index in [1.165, 1.54) is 43.4 Å². The minimum absolute atomic E-state index is 0.717. The lowest BCUT2D eigenvalue weighted by Gasteiger charge is -2.24. The zero-order valence-electron chi connectivity index (χ0n) is 37.8. The van der Waals surface area contributed by atoms with E-state index < -0.39 is 0 Å². The SMILES string of the molecule is Cc1cccc(C)c1-c1cc(-c2cc(-n3c4ccccc4c4ccccc43)c(-n3c4ccccc4c4ccccc43)c(-n3c4ccccc4c4ccccc43)c2)nc(-c2c(C)cccc2C)n1. The highest BCUT2D eigenvalue weighted by Crippen LogP contribution is 2.45. The van der Waals surface area contributed by atoms with Gasteiger partial charge in [-0.2, -0.15) is 0 Å². The predicted octanol–water partition coefficient (Wildman–Crippen LogP) is 16.0. The normalized spacial score (nSPS) is 11.9. The van der Waals surface area contributed by atoms with Gasteiger partial charge in [0.05, 0.1) is 61.6 Å². The molecule has 67 heavy (non-hydrogen) atoms. The quantitative estimate of drug-likeness (QED) is 0.167. The second-order valence-electron chi connectivity index (χ2n) is 18.0. The maximum absolute atomic E-state index is 5.63. The van der Waals surface area contributed by atoms with Crippen LogP contribution in [0.1, 0.15) is 22.3 Å². The number of rotatable bonds is 6. The molecule has 4 aromatic heterocycles. The second-order valence-corrected chi connectivity index (χ2v) is 18.0. The van der Waals surface area contributed by atoms with Crippen molar-refractivity contribution in [2.75, 3.05) is 0 Å². The van der Waals surface area contributed by atoms with E-state index in [4.69, 9.17) is 9.97 Å². The van der Waals surface area contributed by atoms with Gasteiger partial charge in [0.15, 0.2) is 5.82 Å². The summed E-state index contributed by atoms with van der Waals surface area (Å²) in [7, 11) is 0. The molecule has 0 amide bonds. The van der Waals surface area contributed by atoms with Crippen molar-refractivity contribution in [1.82, 2.24) is 23.7 Å². The van der Waals surface area contributed by atoms with E-state index in [0.717, 1.165) is 89.4 Å². The first-order valence-corrected chi connectivity index (χ1v) is 23.1. The molecule has 13 aromatic rings. The van der Waals surface area contributed by atoms with Crippen LogP contribution in [0.25, 0.3) is 116 Å². The number of hydrogen-bond donors (Lipinski definition) is 0. The van der Waals surface area contributed by atoms with Gasteiger partial charge in [-0.15, -0.1) is 0 Å². The maximum Gasteiger partial charge on any atom is 0.160 e. The van der Waals surface area contributed by atoms with Crippen LogP contribution in [0.3, 0.4) is 0 Å². The third-order valence-electron chi connectivity index (χ3n) is 14.0. The number of hydrogen-bond acceptors (Lipinski definition) is 2. The van der Waals surface area contributed by atoms with E-state index in [-0.39, 0.29) is 0 Å². The maximum atomic E-state index is 5.63. The zero-order chi connectivity index (χ0) is 44.9. The van der Waals surface area contributed by atoms with Crippen molar-refractivity contribution in [3.8, 4) is 51.0 Å². The fourth-order valence-electron chi connectivity index (χ4n) is 11.1. The number of benzene rings is 9. The lowest BCUT2D eigenvalue weighted by molar-refractivity contribution is 1.05. The highest BCUT2D eigenvalue weighted by atomic mass is 15.1. The van der Waals surface area contributed by atoms with E-state index in [9.17, 15) is 0 Å². The molecule has 0 aliphatic rings. The van der Waals surface area contributed by atoms with Crippen molar-refractivity contribution in [3.05, 3.63) is 222 Å². The van der Waals surface area contributed by atoms with E-state index >= 15 is 0 Å². The summed E-state index contributed by atoms with van der Waals surface area (Å²) in [6.07, 6.45) is 0. The van der Waals surface area contributed by atoms with Crippen molar-refractivity contribution in [2.24, 2.45) is 0 Å². The molecular formula is C62H45N5. The van der Waals surface area contributed by atoms with Gasteiger partial charge in [-0.05, 0) is 105 Å². The van der Waals surface area contributed by atoms with Gasteiger partial charge in [-0.3, -0.25) is 0 Å². The minimum atomic E-state index is 0.717. The summed E-state index contributed by atoms with van der Waals surface area (Å²) in [5.74, 6) is 0.717. The Kier molecular flexibility index (Phi) is 8.71. The lowest BCUT2D eigenvalue weighted by Crippen LogP contribution is -2.10. The Morgan fingerprint density at radius 2 is 0.612 bits per heavy atom. The Hall–Kier alpha value is -8.54. The van der Waals surface area contributed by atoms with Gasteiger partial charge in [0.25, 0.3) is 0 Å². The van der Waals surface area contributed by atoms with Crippen molar-refractivity contribution >= 4 is 65.4 Å². The summed E-state index contributed by atoms with van der Waals surface area (Å²) in [6, 6.07) is 73.0. The lowest BCUT2D eigenvalue weighted by atomic mass is 9.97. The van der Waals surface area contributed by atoms with E-state index in [1.54, 1.807) is 0 Å². The molecule has 0 spiro atoms. The largest absolute Gasteiger partial charge is 0.307 e. The van der Waals surface area contributed by atoms with Crippen molar-refractivity contribution in [2.45, 2.75) is 27.7 Å². The topological polar surface area (TPSA) is 40.6 Å². The first-order valence-electron chi connectivity index (χ1n) is 23.1. The molecule has 5 nitrogen and oxygen atoms in total. The summed E-state index contributed by atoms with van der Waals surface area (Å²) < 4.78 is 7.49. The Morgan fingerprint density at radius 3 is 0.985 bits per heavy atom. The van der Waals surface area contributed by atoms with Crippen LogP contribution in [0.2, 0.25) is 0 Å². The fraction of sp³-hybridized carbons (Fsp3) is 0.0645. The van der Waals surface area contributed by atoms with Crippen molar-refractivity contribution in [1.29, 1.82) is 0 Å². The van der Waals surface area contributed by atoms with Gasteiger partial charge in [-0.25, -0.2) is 9.97 Å². The molecule has 0 fully saturated rings. The molecule has 0 aliphatic carbocycles. The molecule has 0 radical (unpaired) electrons. The summed E-state index contributed by atoms with van der Waals surface area (Å²) in [5, 5.41) is 7.21. The van der Waals surface area contributed by atoms with Crippen molar-refractivity contribution in [3.63, 3.8) is 0 Å². The van der Waals surface area contributed by atoms with Gasteiger partial charge < -0.3 is 13.7 Å². The van der Waals surface area contributed by atoms with Crippen molar-refractivity contribution < 1.29 is 0 Å². The van der Waals surface area contributed by atoms with Crippen LogP contribution in [-0.4, -0.2) is 23.7 Å². The van der Waals surface area contributed by atoms with Crippen LogP contribution >= 0.6 is 0 Å². The molecule has 4 heterocycles. The number of aromatic nitrogens is 5. The molecule has 0 saturated carbocycles. The van der Waals surface area contributed by atoms with Crippen LogP contribution in [0.4, 0.5) is 0 Å². The monoisotopic (exact) mass is 859 g/mol. The number of aryl methyl sites for hydroxylation is 4. The van der Waals surface area contributed by atoms with Crippen LogP contribution in [0.5, 0.6) is 0 Å². The predicted molar refractivity (Wildman–Crippen MR) is 280 cm³/mol. The van der Waals surface area contributed by atoms with E-state index in [1.807, 2.05) is 0 Å². The molecule has 0 unspecified atom stereocenters. The van der Waals surface area contributed by atoms with E-state index in [0.29, 0.717) is 5.82 Å². The molecule has 0 saturated heterocycles. The first-order chi connectivity index (χ1) is 32.9. The number of fused-ring (bicyclic) bond motifs is 9. The third-order valence-corrected chi connectivity index (χ3v) is 14.0. The first kappa shape index (κ1) is 38.9. The average Bonchev–Trinajstić information content (AvgIpc) is 3.99. The molecule has 0 bridgehead atoms. The van der Waals surface area contributed by atoms with Gasteiger partial charge in [-0.1, -0.05) is 146 Å². The van der Waals surface area contributed by atoms with Gasteiger partial charge in [0, 0.05) is 49.0 Å². The van der Waals surface area contributed by atoms with Crippen LogP contribution in [0.15, 0.2) is 200 Å². The Balaban J connectivity index is 1.27. The van der Waals surface area contributed by atoms with Gasteiger partial charge >= 0.3 is 0 Å². The van der Waals surface area contributed by atoms with Crippen LogP contribution in [-0.2, 0) is 0 Å². The minimum Gasteiger partial charge on any atom is -0.307 e. The average molecular weight is 860 g/mol. The van der Waals surface area contributed by atoms with E-state index in [2.05, 4.69) is 242 Å². The molecular weight excluding hydrogens is 815 g/mol.